The number of aromatic nitrogens is 2. The van der Waals surface area contributed by atoms with Crippen molar-refractivity contribution in [2.24, 2.45) is 11.3 Å². The molecule has 1 aromatic heterocycles. The van der Waals surface area contributed by atoms with E-state index in [2.05, 4.69) is 26.3 Å². The third kappa shape index (κ3) is 2.96. The molecule has 2 aliphatic heterocycles. The Morgan fingerprint density at radius 1 is 1.54 bits per heavy atom. The van der Waals surface area contributed by atoms with Crippen LogP contribution < -0.4 is 9.64 Å². The van der Waals surface area contributed by atoms with Gasteiger partial charge in [-0.25, -0.2) is 9.97 Å². The standard InChI is InChI=1S/C17H24N4O3/c1-3-6-20-9-13-10-21(14-8-15(24-2)19-12-18-14)7-4-5-17(13,11-20)16(22)23/h3,8,12-13H,1,4-7,9-11H2,2H3,(H,22,23)/t13-,17+/m0/s1. The monoisotopic (exact) mass is 332 g/mol. The number of carboxylic acid groups (broad SMARTS) is 1. The highest BCUT2D eigenvalue weighted by molar-refractivity contribution is 5.76. The second-order valence-corrected chi connectivity index (χ2v) is 6.61. The summed E-state index contributed by atoms with van der Waals surface area (Å²) in [6, 6.07) is 1.81. The second-order valence-electron chi connectivity index (χ2n) is 6.61. The fraction of sp³-hybridized carbons (Fsp3) is 0.588. The maximum Gasteiger partial charge on any atom is 0.311 e. The second kappa shape index (κ2) is 6.76. The topological polar surface area (TPSA) is 78.8 Å². The molecular weight excluding hydrogens is 308 g/mol. The molecule has 2 fully saturated rings. The van der Waals surface area contributed by atoms with E-state index in [9.17, 15) is 9.90 Å². The molecule has 2 saturated heterocycles. The van der Waals surface area contributed by atoms with Crippen LogP contribution in [0.3, 0.4) is 0 Å². The van der Waals surface area contributed by atoms with Crippen LogP contribution in [0.1, 0.15) is 12.8 Å². The third-order valence-electron chi connectivity index (χ3n) is 5.23. The molecule has 2 atom stereocenters. The van der Waals surface area contributed by atoms with Gasteiger partial charge in [0.15, 0.2) is 0 Å². The van der Waals surface area contributed by atoms with Gasteiger partial charge in [0.2, 0.25) is 5.88 Å². The Kier molecular flexibility index (Phi) is 4.71. The summed E-state index contributed by atoms with van der Waals surface area (Å²) < 4.78 is 5.18. The van der Waals surface area contributed by atoms with Crippen LogP contribution in [0.2, 0.25) is 0 Å². The lowest BCUT2D eigenvalue weighted by atomic mass is 9.75. The maximum absolute atomic E-state index is 12.1. The normalized spacial score (nSPS) is 27.4. The van der Waals surface area contributed by atoms with Gasteiger partial charge in [-0.15, -0.1) is 6.58 Å². The molecule has 1 aromatic rings. The number of rotatable bonds is 5. The van der Waals surface area contributed by atoms with Crippen LogP contribution in [0.4, 0.5) is 5.82 Å². The van der Waals surface area contributed by atoms with E-state index >= 15 is 0 Å². The Labute approximate surface area is 142 Å². The number of carboxylic acids is 1. The number of likely N-dealkylation sites (tertiary alicyclic amines) is 1. The summed E-state index contributed by atoms with van der Waals surface area (Å²) in [6.07, 6.45) is 4.85. The minimum absolute atomic E-state index is 0.0680. The quantitative estimate of drug-likeness (QED) is 0.814. The number of anilines is 1. The van der Waals surface area contributed by atoms with E-state index in [0.717, 1.165) is 31.9 Å². The Morgan fingerprint density at radius 3 is 3.08 bits per heavy atom. The zero-order chi connectivity index (χ0) is 17.2. The van der Waals surface area contributed by atoms with Crippen LogP contribution in [-0.2, 0) is 4.79 Å². The third-order valence-corrected chi connectivity index (χ3v) is 5.23. The Bertz CT molecular complexity index is 624. The molecule has 0 aromatic carbocycles. The van der Waals surface area contributed by atoms with Crippen molar-refractivity contribution in [2.75, 3.05) is 44.7 Å². The first kappa shape index (κ1) is 16.7. The van der Waals surface area contributed by atoms with Gasteiger partial charge in [-0.2, -0.15) is 0 Å². The molecule has 2 aliphatic rings. The zero-order valence-electron chi connectivity index (χ0n) is 14.0. The van der Waals surface area contributed by atoms with Gasteiger partial charge in [0.25, 0.3) is 0 Å². The molecule has 130 valence electrons. The lowest BCUT2D eigenvalue weighted by molar-refractivity contribution is -0.150. The smallest absolute Gasteiger partial charge is 0.311 e. The largest absolute Gasteiger partial charge is 0.481 e. The molecule has 0 saturated carbocycles. The van der Waals surface area contributed by atoms with Crippen molar-refractivity contribution in [3.63, 3.8) is 0 Å². The first-order chi connectivity index (χ1) is 11.6. The van der Waals surface area contributed by atoms with E-state index in [1.807, 2.05) is 12.1 Å². The summed E-state index contributed by atoms with van der Waals surface area (Å²) in [5.74, 6) is 0.707. The highest BCUT2D eigenvalue weighted by Crippen LogP contribution is 2.43. The predicted octanol–water partition coefficient (Wildman–Crippen LogP) is 1.27. The van der Waals surface area contributed by atoms with Crippen LogP contribution in [0, 0.1) is 11.3 Å². The van der Waals surface area contributed by atoms with Crippen molar-refractivity contribution in [3.05, 3.63) is 25.0 Å². The van der Waals surface area contributed by atoms with Gasteiger partial charge in [-0.05, 0) is 12.8 Å². The van der Waals surface area contributed by atoms with Gasteiger partial charge >= 0.3 is 5.97 Å². The number of nitrogens with zero attached hydrogens (tertiary/aromatic N) is 4. The van der Waals surface area contributed by atoms with Crippen molar-refractivity contribution in [3.8, 4) is 5.88 Å². The molecule has 0 amide bonds. The van der Waals surface area contributed by atoms with Crippen molar-refractivity contribution in [2.45, 2.75) is 12.8 Å². The van der Waals surface area contributed by atoms with Gasteiger partial charge in [0.1, 0.15) is 12.1 Å². The summed E-state index contributed by atoms with van der Waals surface area (Å²) >= 11 is 0. The first-order valence-corrected chi connectivity index (χ1v) is 8.26. The Morgan fingerprint density at radius 2 is 2.38 bits per heavy atom. The van der Waals surface area contributed by atoms with Gasteiger partial charge in [0.05, 0.1) is 12.5 Å². The van der Waals surface area contributed by atoms with E-state index in [1.54, 1.807) is 7.11 Å². The molecule has 0 aliphatic carbocycles. The van der Waals surface area contributed by atoms with Crippen molar-refractivity contribution >= 4 is 11.8 Å². The fourth-order valence-corrected chi connectivity index (χ4v) is 4.03. The molecular formula is C17H24N4O3. The number of ether oxygens (including phenoxy) is 1. The van der Waals surface area contributed by atoms with Crippen molar-refractivity contribution in [1.82, 2.24) is 14.9 Å². The minimum atomic E-state index is -0.679. The number of aliphatic carboxylic acids is 1. The molecule has 0 spiro atoms. The van der Waals surface area contributed by atoms with Gasteiger partial charge < -0.3 is 14.7 Å². The highest BCUT2D eigenvalue weighted by atomic mass is 16.5. The number of hydrogen-bond acceptors (Lipinski definition) is 6. The molecule has 7 nitrogen and oxygen atoms in total. The Balaban J connectivity index is 1.85. The molecule has 3 heterocycles. The summed E-state index contributed by atoms with van der Waals surface area (Å²) in [5.41, 5.74) is -0.672. The van der Waals surface area contributed by atoms with E-state index in [0.29, 0.717) is 25.4 Å². The average molecular weight is 332 g/mol. The number of methoxy groups -OCH3 is 1. The summed E-state index contributed by atoms with van der Waals surface area (Å²) in [7, 11) is 1.58. The van der Waals surface area contributed by atoms with Crippen molar-refractivity contribution < 1.29 is 14.6 Å². The van der Waals surface area contributed by atoms with E-state index in [1.165, 1.54) is 6.33 Å². The Hall–Kier alpha value is -2.15. The molecule has 7 heteroatoms. The lowest BCUT2D eigenvalue weighted by Crippen LogP contribution is -2.41. The number of hydrogen-bond donors (Lipinski definition) is 1. The highest BCUT2D eigenvalue weighted by Gasteiger charge is 2.53. The molecule has 1 N–H and O–H groups in total. The van der Waals surface area contributed by atoms with Crippen molar-refractivity contribution in [1.29, 1.82) is 0 Å². The van der Waals surface area contributed by atoms with Crippen LogP contribution in [0.25, 0.3) is 0 Å². The SMILES string of the molecule is C=CCN1C[C@H]2CN(c3cc(OC)ncn3)CCC[C@@]2(C(=O)O)C1. The average Bonchev–Trinajstić information content (AvgIpc) is 2.82. The van der Waals surface area contributed by atoms with Crippen LogP contribution in [-0.4, -0.2) is 65.8 Å². The van der Waals surface area contributed by atoms with Gasteiger partial charge in [-0.1, -0.05) is 6.08 Å². The predicted molar refractivity (Wildman–Crippen MR) is 90.2 cm³/mol. The molecule has 0 bridgehead atoms. The molecule has 3 rings (SSSR count). The van der Waals surface area contributed by atoms with Crippen LogP contribution >= 0.6 is 0 Å². The summed E-state index contributed by atoms with van der Waals surface area (Å²) in [6.45, 7) is 7.36. The summed E-state index contributed by atoms with van der Waals surface area (Å²) in [4.78, 5) is 24.8. The van der Waals surface area contributed by atoms with Gasteiger partial charge in [-0.3, -0.25) is 9.69 Å². The molecule has 0 unspecified atom stereocenters. The number of fused-ring (bicyclic) bond motifs is 1. The first-order valence-electron chi connectivity index (χ1n) is 8.26. The van der Waals surface area contributed by atoms with Crippen LogP contribution in [0.15, 0.2) is 25.0 Å². The summed E-state index contributed by atoms with van der Waals surface area (Å²) in [5, 5.41) is 9.93. The van der Waals surface area contributed by atoms with Crippen LogP contribution in [0.5, 0.6) is 5.88 Å². The number of carbonyl (C=O) groups is 1. The lowest BCUT2D eigenvalue weighted by Gasteiger charge is -2.30. The van der Waals surface area contributed by atoms with E-state index in [4.69, 9.17) is 4.74 Å². The molecule has 24 heavy (non-hydrogen) atoms. The molecule has 0 radical (unpaired) electrons. The maximum atomic E-state index is 12.1. The van der Waals surface area contributed by atoms with E-state index < -0.39 is 11.4 Å². The minimum Gasteiger partial charge on any atom is -0.481 e. The van der Waals surface area contributed by atoms with E-state index in [-0.39, 0.29) is 5.92 Å². The zero-order valence-corrected chi connectivity index (χ0v) is 14.0. The fourth-order valence-electron chi connectivity index (χ4n) is 4.03. The van der Waals surface area contributed by atoms with Gasteiger partial charge in [0, 0.05) is 44.7 Å².